The highest BCUT2D eigenvalue weighted by Crippen LogP contribution is 2.43. The molecule has 0 amide bonds. The second kappa shape index (κ2) is 8.25. The number of alkyl halides is 3. The Bertz CT molecular complexity index is 808. The van der Waals surface area contributed by atoms with Gasteiger partial charge >= 0.3 is 6.18 Å². The number of hydrogen-bond acceptors (Lipinski definition) is 4. The molecule has 152 valence electrons. The van der Waals surface area contributed by atoms with Crippen molar-refractivity contribution in [2.24, 2.45) is 5.73 Å². The van der Waals surface area contributed by atoms with Crippen LogP contribution in [0.15, 0.2) is 36.4 Å². The highest BCUT2D eigenvalue weighted by atomic mass is 32.1. The van der Waals surface area contributed by atoms with Crippen LogP contribution in [-0.4, -0.2) is 18.6 Å². The predicted octanol–water partition coefficient (Wildman–Crippen LogP) is 5.79. The van der Waals surface area contributed by atoms with Crippen molar-refractivity contribution in [1.29, 1.82) is 0 Å². The largest absolute Gasteiger partial charge is 0.494 e. The maximum Gasteiger partial charge on any atom is 0.389 e. The van der Waals surface area contributed by atoms with Crippen LogP contribution in [0.25, 0.3) is 0 Å². The fourth-order valence-electron chi connectivity index (χ4n) is 3.01. The molecule has 0 spiro atoms. The van der Waals surface area contributed by atoms with Crippen LogP contribution in [0.4, 0.5) is 13.2 Å². The number of rotatable bonds is 9. The SMILES string of the molecule is CC(N)(CC(=O)c1ccc(C2CC2)s1)c1ccc(OCCCC(F)(F)F)cc1. The van der Waals surface area contributed by atoms with Gasteiger partial charge in [-0.3, -0.25) is 4.79 Å². The molecule has 1 saturated carbocycles. The Morgan fingerprint density at radius 2 is 1.86 bits per heavy atom. The smallest absolute Gasteiger partial charge is 0.389 e. The fourth-order valence-corrected chi connectivity index (χ4v) is 4.12. The molecule has 0 aliphatic heterocycles. The minimum atomic E-state index is -4.16. The molecule has 1 atom stereocenters. The average Bonchev–Trinajstić information content (AvgIpc) is 3.34. The fraction of sp³-hybridized carbons (Fsp3) is 0.476. The molecule has 0 saturated heterocycles. The zero-order chi connectivity index (χ0) is 20.4. The van der Waals surface area contributed by atoms with Gasteiger partial charge in [0.15, 0.2) is 5.78 Å². The second-order valence-corrected chi connectivity index (χ2v) is 8.70. The summed E-state index contributed by atoms with van der Waals surface area (Å²) in [7, 11) is 0. The number of ether oxygens (including phenoxy) is 1. The number of carbonyl (C=O) groups is 1. The highest BCUT2D eigenvalue weighted by molar-refractivity contribution is 7.14. The van der Waals surface area contributed by atoms with E-state index < -0.39 is 18.1 Å². The Kier molecular flexibility index (Phi) is 6.15. The van der Waals surface area contributed by atoms with Crippen LogP contribution >= 0.6 is 11.3 Å². The van der Waals surface area contributed by atoms with E-state index in [0.29, 0.717) is 11.7 Å². The van der Waals surface area contributed by atoms with E-state index in [1.54, 1.807) is 42.5 Å². The lowest BCUT2D eigenvalue weighted by Gasteiger charge is -2.24. The lowest BCUT2D eigenvalue weighted by molar-refractivity contribution is -0.136. The van der Waals surface area contributed by atoms with E-state index in [1.807, 2.05) is 12.1 Å². The van der Waals surface area contributed by atoms with Crippen LogP contribution < -0.4 is 10.5 Å². The van der Waals surface area contributed by atoms with Crippen molar-refractivity contribution in [3.05, 3.63) is 51.7 Å². The molecule has 0 bridgehead atoms. The van der Waals surface area contributed by atoms with Crippen LogP contribution in [0.5, 0.6) is 5.75 Å². The number of carbonyl (C=O) groups excluding carboxylic acids is 1. The summed E-state index contributed by atoms with van der Waals surface area (Å²) in [4.78, 5) is 14.6. The molecule has 3 nitrogen and oxygen atoms in total. The third-order valence-corrected chi connectivity index (χ3v) is 6.08. The molecule has 1 unspecified atom stereocenters. The lowest BCUT2D eigenvalue weighted by atomic mass is 9.87. The Labute approximate surface area is 166 Å². The maximum absolute atomic E-state index is 12.6. The molecule has 1 fully saturated rings. The number of benzene rings is 1. The van der Waals surface area contributed by atoms with Crippen molar-refractivity contribution in [3.8, 4) is 5.75 Å². The molecule has 1 aliphatic carbocycles. The van der Waals surface area contributed by atoms with E-state index >= 15 is 0 Å². The maximum atomic E-state index is 12.6. The predicted molar refractivity (Wildman–Crippen MR) is 104 cm³/mol. The minimum Gasteiger partial charge on any atom is -0.494 e. The summed E-state index contributed by atoms with van der Waals surface area (Å²) in [6.45, 7) is 1.80. The van der Waals surface area contributed by atoms with Crippen molar-refractivity contribution in [3.63, 3.8) is 0 Å². The standard InChI is InChI=1S/C21H24F3NO2S/c1-20(25,13-17(26)19-10-9-18(28-19)14-3-4-14)15-5-7-16(8-6-15)27-12-2-11-21(22,23)24/h5-10,14H,2-4,11-13,25H2,1H3. The molecule has 1 heterocycles. The van der Waals surface area contributed by atoms with Crippen molar-refractivity contribution < 1.29 is 22.7 Å². The molecule has 1 aliphatic rings. The molecule has 7 heteroatoms. The quantitative estimate of drug-likeness (QED) is 0.419. The summed E-state index contributed by atoms with van der Waals surface area (Å²) < 4.78 is 41.8. The van der Waals surface area contributed by atoms with E-state index in [2.05, 4.69) is 0 Å². The van der Waals surface area contributed by atoms with Crippen LogP contribution in [0.3, 0.4) is 0 Å². The Morgan fingerprint density at radius 1 is 1.18 bits per heavy atom. The summed E-state index contributed by atoms with van der Waals surface area (Å²) in [6.07, 6.45) is -2.52. The van der Waals surface area contributed by atoms with Gasteiger partial charge in [-0.05, 0) is 61.9 Å². The number of ketones is 1. The van der Waals surface area contributed by atoms with Crippen molar-refractivity contribution in [1.82, 2.24) is 0 Å². The van der Waals surface area contributed by atoms with Gasteiger partial charge in [-0.2, -0.15) is 13.2 Å². The Hall–Kier alpha value is -1.86. The first-order valence-corrected chi connectivity index (χ1v) is 10.2. The third kappa shape index (κ3) is 5.82. The van der Waals surface area contributed by atoms with E-state index in [9.17, 15) is 18.0 Å². The molecule has 2 N–H and O–H groups in total. The van der Waals surface area contributed by atoms with E-state index in [1.165, 1.54) is 17.7 Å². The Balaban J connectivity index is 1.54. The first-order valence-electron chi connectivity index (χ1n) is 9.36. The average molecular weight is 411 g/mol. The van der Waals surface area contributed by atoms with E-state index in [4.69, 9.17) is 10.5 Å². The van der Waals surface area contributed by atoms with Gasteiger partial charge in [-0.1, -0.05) is 12.1 Å². The van der Waals surface area contributed by atoms with Crippen molar-refractivity contribution in [2.75, 3.05) is 6.61 Å². The normalized spacial score (nSPS) is 16.6. The van der Waals surface area contributed by atoms with E-state index in [0.717, 1.165) is 10.4 Å². The summed E-state index contributed by atoms with van der Waals surface area (Å²) >= 11 is 1.56. The molecular weight excluding hydrogens is 387 g/mol. The van der Waals surface area contributed by atoms with Gasteiger partial charge in [0.1, 0.15) is 5.75 Å². The van der Waals surface area contributed by atoms with Gasteiger partial charge in [0, 0.05) is 23.3 Å². The molecule has 3 rings (SSSR count). The first kappa shape index (κ1) is 20.9. The summed E-state index contributed by atoms with van der Waals surface area (Å²) in [5.41, 5.74) is 6.34. The first-order chi connectivity index (χ1) is 13.1. The van der Waals surface area contributed by atoms with Gasteiger partial charge in [0.25, 0.3) is 0 Å². The van der Waals surface area contributed by atoms with Gasteiger partial charge in [-0.15, -0.1) is 11.3 Å². The van der Waals surface area contributed by atoms with Crippen LogP contribution in [0, 0.1) is 0 Å². The van der Waals surface area contributed by atoms with Gasteiger partial charge < -0.3 is 10.5 Å². The zero-order valence-electron chi connectivity index (χ0n) is 15.7. The highest BCUT2D eigenvalue weighted by Gasteiger charge is 2.29. The van der Waals surface area contributed by atoms with Crippen molar-refractivity contribution >= 4 is 17.1 Å². The summed E-state index contributed by atoms with van der Waals surface area (Å²) in [5.74, 6) is 1.13. The van der Waals surface area contributed by atoms with Gasteiger partial charge in [-0.25, -0.2) is 0 Å². The number of hydrogen-bond donors (Lipinski definition) is 1. The van der Waals surface area contributed by atoms with Gasteiger partial charge in [0.2, 0.25) is 0 Å². The van der Waals surface area contributed by atoms with Crippen molar-refractivity contribution in [2.45, 2.75) is 56.7 Å². The number of thiophene rings is 1. The second-order valence-electron chi connectivity index (χ2n) is 7.59. The lowest BCUT2D eigenvalue weighted by Crippen LogP contribution is -2.35. The molecule has 28 heavy (non-hydrogen) atoms. The molecule has 1 aromatic carbocycles. The summed E-state index contributed by atoms with van der Waals surface area (Å²) in [6, 6.07) is 10.8. The van der Waals surface area contributed by atoms with Crippen LogP contribution in [0.2, 0.25) is 0 Å². The molecule has 2 aromatic rings. The van der Waals surface area contributed by atoms with Crippen LogP contribution in [0.1, 0.15) is 65.1 Å². The number of nitrogens with two attached hydrogens (primary N) is 1. The van der Waals surface area contributed by atoms with Gasteiger partial charge in [0.05, 0.1) is 11.5 Å². The minimum absolute atomic E-state index is 0.00105. The molecular formula is C21H24F3NO2S. The molecule has 1 aromatic heterocycles. The number of Topliss-reactive ketones (excluding diaryl/α,β-unsaturated/α-hetero) is 1. The van der Waals surface area contributed by atoms with E-state index in [-0.39, 0.29) is 25.2 Å². The molecule has 0 radical (unpaired) electrons. The zero-order valence-corrected chi connectivity index (χ0v) is 16.5. The third-order valence-electron chi connectivity index (χ3n) is 4.80. The monoisotopic (exact) mass is 411 g/mol. The Morgan fingerprint density at radius 3 is 2.46 bits per heavy atom. The van der Waals surface area contributed by atoms with Crippen LogP contribution in [-0.2, 0) is 5.54 Å². The summed E-state index contributed by atoms with van der Waals surface area (Å²) in [5, 5.41) is 0. The topological polar surface area (TPSA) is 52.3 Å². The number of halogens is 3.